The number of ether oxygens (including phenoxy) is 2. The zero-order valence-corrected chi connectivity index (χ0v) is 14.0. The fourth-order valence-electron chi connectivity index (χ4n) is 5.34. The molecular weight excluding hydrogens is 332 g/mol. The lowest BCUT2D eigenvalue weighted by Gasteiger charge is -2.43. The second-order valence-electron chi connectivity index (χ2n) is 7.52. The van der Waals surface area contributed by atoms with Gasteiger partial charge in [0, 0.05) is 18.5 Å². The Morgan fingerprint density at radius 3 is 3.00 bits per heavy atom. The van der Waals surface area contributed by atoms with Gasteiger partial charge in [-0.3, -0.25) is 9.69 Å². The fraction of sp³-hybridized carbons (Fsp3) is 0.588. The zero-order valence-electron chi connectivity index (χ0n) is 13.2. The molecule has 4 saturated heterocycles. The third-order valence-electron chi connectivity index (χ3n) is 6.28. The standard InChI is InChI=1S/C17H19ClN2O4/c1-16-7-11(21)17(24-16)4-5-23-15-13(17)12(16)14(22)20(15)8-2-3-10(19)9(18)6-8/h2-3,6,11-13,15,21H,4-5,7,19H2,1H3. The van der Waals surface area contributed by atoms with Gasteiger partial charge in [0.1, 0.15) is 11.8 Å². The number of carbonyl (C=O) groups is 1. The molecule has 24 heavy (non-hydrogen) atoms. The number of fused-ring (bicyclic) bond motifs is 2. The summed E-state index contributed by atoms with van der Waals surface area (Å²) in [5.74, 6) is -0.490. The van der Waals surface area contributed by atoms with Crippen LogP contribution >= 0.6 is 11.6 Å². The molecule has 4 heterocycles. The number of amides is 1. The van der Waals surface area contributed by atoms with E-state index in [1.165, 1.54) is 0 Å². The lowest BCUT2D eigenvalue weighted by atomic mass is 9.65. The van der Waals surface area contributed by atoms with E-state index in [2.05, 4.69) is 0 Å². The maximum absolute atomic E-state index is 13.2. The average molecular weight is 351 g/mol. The largest absolute Gasteiger partial charge is 0.398 e. The molecule has 6 atom stereocenters. The molecule has 0 radical (unpaired) electrons. The monoisotopic (exact) mass is 350 g/mol. The smallest absolute Gasteiger partial charge is 0.235 e. The molecule has 7 heteroatoms. The molecule has 1 aromatic rings. The van der Waals surface area contributed by atoms with Crippen LogP contribution in [0.4, 0.5) is 11.4 Å². The molecule has 128 valence electrons. The number of benzene rings is 1. The minimum Gasteiger partial charge on any atom is -0.398 e. The minimum atomic E-state index is -0.676. The summed E-state index contributed by atoms with van der Waals surface area (Å²) in [5, 5.41) is 11.0. The van der Waals surface area contributed by atoms with Crippen LogP contribution in [0.25, 0.3) is 0 Å². The first-order valence-electron chi connectivity index (χ1n) is 8.25. The van der Waals surface area contributed by atoms with Crippen molar-refractivity contribution < 1.29 is 19.4 Å². The van der Waals surface area contributed by atoms with Crippen molar-refractivity contribution in [2.75, 3.05) is 17.2 Å². The second-order valence-corrected chi connectivity index (χ2v) is 7.93. The van der Waals surface area contributed by atoms with E-state index >= 15 is 0 Å². The Balaban J connectivity index is 1.63. The van der Waals surface area contributed by atoms with E-state index in [9.17, 15) is 9.90 Å². The summed E-state index contributed by atoms with van der Waals surface area (Å²) in [6.07, 6.45) is 0.110. The molecule has 5 rings (SSSR count). The van der Waals surface area contributed by atoms with Crippen molar-refractivity contribution >= 4 is 28.9 Å². The van der Waals surface area contributed by atoms with Crippen molar-refractivity contribution in [3.05, 3.63) is 23.2 Å². The first-order valence-corrected chi connectivity index (χ1v) is 8.63. The molecular formula is C17H19ClN2O4. The van der Waals surface area contributed by atoms with Crippen molar-refractivity contribution in [3.8, 4) is 0 Å². The van der Waals surface area contributed by atoms with Crippen molar-refractivity contribution in [1.29, 1.82) is 0 Å². The van der Waals surface area contributed by atoms with Crippen molar-refractivity contribution in [3.63, 3.8) is 0 Å². The number of aliphatic hydroxyl groups excluding tert-OH is 1. The van der Waals surface area contributed by atoms with Crippen LogP contribution in [0.5, 0.6) is 0 Å². The van der Waals surface area contributed by atoms with Crippen LogP contribution in [-0.2, 0) is 14.3 Å². The molecule has 0 aliphatic carbocycles. The Hall–Kier alpha value is -1.34. The number of hydrogen-bond donors (Lipinski definition) is 2. The number of anilines is 2. The Kier molecular flexibility index (Phi) is 2.76. The first kappa shape index (κ1) is 15.0. The van der Waals surface area contributed by atoms with Gasteiger partial charge in [0.25, 0.3) is 0 Å². The predicted molar refractivity (Wildman–Crippen MR) is 87.5 cm³/mol. The summed E-state index contributed by atoms with van der Waals surface area (Å²) in [7, 11) is 0. The van der Waals surface area contributed by atoms with Gasteiger partial charge < -0.3 is 20.3 Å². The van der Waals surface area contributed by atoms with Gasteiger partial charge >= 0.3 is 0 Å². The second kappa shape index (κ2) is 4.43. The van der Waals surface area contributed by atoms with Crippen molar-refractivity contribution in [2.24, 2.45) is 11.8 Å². The first-order chi connectivity index (χ1) is 11.4. The molecule has 0 saturated carbocycles. The Labute approximate surface area is 144 Å². The number of rotatable bonds is 1. The lowest BCUT2D eigenvalue weighted by Crippen LogP contribution is -2.56. The number of nitrogens with zero attached hydrogens (tertiary/aromatic N) is 1. The SMILES string of the molecule is CC12CC(O)C3(CCOC4C3C1C(=O)N4c1ccc(N)c(Cl)c1)O2. The summed E-state index contributed by atoms with van der Waals surface area (Å²) in [6, 6.07) is 5.17. The molecule has 1 amide bonds. The van der Waals surface area contributed by atoms with Crippen LogP contribution in [0.15, 0.2) is 18.2 Å². The molecule has 4 fully saturated rings. The van der Waals surface area contributed by atoms with Crippen molar-refractivity contribution in [1.82, 2.24) is 0 Å². The molecule has 6 nitrogen and oxygen atoms in total. The Bertz CT molecular complexity index is 758. The third-order valence-corrected chi connectivity index (χ3v) is 6.60. The third kappa shape index (κ3) is 1.56. The summed E-state index contributed by atoms with van der Waals surface area (Å²) < 4.78 is 12.2. The van der Waals surface area contributed by atoms with E-state index in [4.69, 9.17) is 26.8 Å². The van der Waals surface area contributed by atoms with E-state index in [0.29, 0.717) is 35.8 Å². The van der Waals surface area contributed by atoms with Gasteiger partial charge in [-0.1, -0.05) is 11.6 Å². The highest BCUT2D eigenvalue weighted by Crippen LogP contribution is 2.65. The fourth-order valence-corrected chi connectivity index (χ4v) is 5.52. The number of hydrogen-bond acceptors (Lipinski definition) is 5. The maximum Gasteiger partial charge on any atom is 0.235 e. The molecule has 4 aliphatic heterocycles. The Morgan fingerprint density at radius 1 is 1.46 bits per heavy atom. The lowest BCUT2D eigenvalue weighted by molar-refractivity contribution is -0.163. The highest BCUT2D eigenvalue weighted by Gasteiger charge is 2.78. The van der Waals surface area contributed by atoms with E-state index in [1.54, 1.807) is 23.1 Å². The average Bonchev–Trinajstić information content (AvgIpc) is 3.07. The van der Waals surface area contributed by atoms with Gasteiger partial charge in [0.15, 0.2) is 0 Å². The number of halogens is 1. The quantitative estimate of drug-likeness (QED) is 0.750. The normalized spacial score (nSPS) is 45.8. The highest BCUT2D eigenvalue weighted by molar-refractivity contribution is 6.33. The summed E-state index contributed by atoms with van der Waals surface area (Å²) in [6.45, 7) is 2.38. The Morgan fingerprint density at radius 2 is 2.25 bits per heavy atom. The van der Waals surface area contributed by atoms with Gasteiger partial charge in [-0.15, -0.1) is 0 Å². The van der Waals surface area contributed by atoms with Crippen LogP contribution in [0.2, 0.25) is 5.02 Å². The topological polar surface area (TPSA) is 85.0 Å². The number of nitrogen functional groups attached to an aromatic ring is 1. The maximum atomic E-state index is 13.2. The van der Waals surface area contributed by atoms with E-state index in [0.717, 1.165) is 0 Å². The van der Waals surface area contributed by atoms with Crippen LogP contribution < -0.4 is 10.6 Å². The van der Waals surface area contributed by atoms with E-state index in [1.807, 2.05) is 6.92 Å². The summed E-state index contributed by atoms with van der Waals surface area (Å²) in [5.41, 5.74) is 5.62. The molecule has 2 bridgehead atoms. The van der Waals surface area contributed by atoms with Gasteiger partial charge in [-0.25, -0.2) is 0 Å². The van der Waals surface area contributed by atoms with Crippen molar-refractivity contribution in [2.45, 2.75) is 43.3 Å². The van der Waals surface area contributed by atoms with Crippen LogP contribution in [0.3, 0.4) is 0 Å². The molecule has 4 aliphatic rings. The number of aliphatic hydroxyl groups is 1. The molecule has 3 N–H and O–H groups in total. The van der Waals surface area contributed by atoms with Crippen LogP contribution in [-0.4, -0.2) is 41.2 Å². The molecule has 0 aromatic heterocycles. The zero-order chi connectivity index (χ0) is 16.9. The summed E-state index contributed by atoms with van der Waals surface area (Å²) in [4.78, 5) is 14.9. The number of carbonyl (C=O) groups excluding carboxylic acids is 1. The van der Waals surface area contributed by atoms with Crippen LogP contribution in [0, 0.1) is 11.8 Å². The minimum absolute atomic E-state index is 0.0241. The van der Waals surface area contributed by atoms with E-state index in [-0.39, 0.29) is 17.7 Å². The summed E-state index contributed by atoms with van der Waals surface area (Å²) >= 11 is 6.14. The van der Waals surface area contributed by atoms with E-state index < -0.39 is 23.5 Å². The van der Waals surface area contributed by atoms with Gasteiger partial charge in [0.05, 0.1) is 40.9 Å². The molecule has 1 aromatic carbocycles. The molecule has 1 spiro atoms. The predicted octanol–water partition coefficient (Wildman–Crippen LogP) is 1.54. The van der Waals surface area contributed by atoms with Gasteiger partial charge in [-0.05, 0) is 25.1 Å². The molecule has 6 unspecified atom stereocenters. The number of nitrogens with two attached hydrogens (primary N) is 1. The van der Waals surface area contributed by atoms with Gasteiger partial charge in [0.2, 0.25) is 5.91 Å². The highest BCUT2D eigenvalue weighted by atomic mass is 35.5. The van der Waals surface area contributed by atoms with Gasteiger partial charge in [-0.2, -0.15) is 0 Å². The van der Waals surface area contributed by atoms with Crippen LogP contribution in [0.1, 0.15) is 19.8 Å².